The first-order valence-electron chi connectivity index (χ1n) is 5.14. The quantitative estimate of drug-likeness (QED) is 0.647. The van der Waals surface area contributed by atoms with E-state index in [-0.39, 0.29) is 10.9 Å². The van der Waals surface area contributed by atoms with E-state index >= 15 is 0 Å². The average molecular weight is 265 g/mol. The van der Waals surface area contributed by atoms with E-state index < -0.39 is 18.2 Å². The summed E-state index contributed by atoms with van der Waals surface area (Å²) in [5.41, 5.74) is 5.85. The second-order valence-corrected chi connectivity index (χ2v) is 5.02. The first kappa shape index (κ1) is 14.0. The molecular formula is C11H14F3NOS. The topological polar surface area (TPSA) is 35.2 Å². The van der Waals surface area contributed by atoms with E-state index in [0.29, 0.717) is 4.90 Å². The molecule has 1 aromatic rings. The molecular weight excluding hydrogens is 251 g/mol. The van der Waals surface area contributed by atoms with Gasteiger partial charge in [0.05, 0.1) is 0 Å². The predicted octanol–water partition coefficient (Wildman–Crippen LogP) is 3.90. The number of hydrogen-bond donors (Lipinski definition) is 1. The summed E-state index contributed by atoms with van der Waals surface area (Å²) in [6.07, 6.45) is 0.895. The molecule has 0 saturated heterocycles. The highest BCUT2D eigenvalue weighted by Gasteiger charge is 2.14. The van der Waals surface area contributed by atoms with Gasteiger partial charge in [0.25, 0.3) is 0 Å². The van der Waals surface area contributed by atoms with Gasteiger partial charge in [-0.25, -0.2) is 4.39 Å². The molecule has 0 amide bonds. The number of thioether (sulfide) groups is 1. The van der Waals surface area contributed by atoms with E-state index in [1.54, 1.807) is 0 Å². The summed E-state index contributed by atoms with van der Waals surface area (Å²) in [6, 6.07) is 2.22. The van der Waals surface area contributed by atoms with Crippen LogP contribution in [-0.4, -0.2) is 11.9 Å². The van der Waals surface area contributed by atoms with Crippen molar-refractivity contribution in [1.82, 2.24) is 0 Å². The van der Waals surface area contributed by atoms with Crippen molar-refractivity contribution in [3.8, 4) is 5.75 Å². The van der Waals surface area contributed by atoms with Gasteiger partial charge in [-0.3, -0.25) is 0 Å². The summed E-state index contributed by atoms with van der Waals surface area (Å²) in [5.74, 6) is -1.35. The molecule has 0 aliphatic heterocycles. The molecule has 96 valence electrons. The molecule has 1 rings (SSSR count). The second-order valence-electron chi connectivity index (χ2n) is 3.54. The lowest BCUT2D eigenvalue weighted by molar-refractivity contribution is -0.0523. The fourth-order valence-electron chi connectivity index (χ4n) is 1.14. The number of halogens is 3. The number of benzene rings is 1. The maximum atomic E-state index is 13.3. The Morgan fingerprint density at radius 1 is 1.41 bits per heavy atom. The van der Waals surface area contributed by atoms with Gasteiger partial charge in [0.1, 0.15) is 0 Å². The van der Waals surface area contributed by atoms with Crippen molar-refractivity contribution in [3.05, 3.63) is 17.9 Å². The van der Waals surface area contributed by atoms with Crippen molar-refractivity contribution in [1.29, 1.82) is 0 Å². The molecule has 6 heteroatoms. The van der Waals surface area contributed by atoms with Crippen molar-refractivity contribution in [2.45, 2.75) is 37.0 Å². The number of hydrogen-bond acceptors (Lipinski definition) is 3. The van der Waals surface area contributed by atoms with Gasteiger partial charge in [-0.15, -0.1) is 11.8 Å². The lowest BCUT2D eigenvalue weighted by atomic mass is 10.3. The van der Waals surface area contributed by atoms with E-state index in [2.05, 4.69) is 4.74 Å². The Balaban J connectivity index is 2.97. The molecule has 1 atom stereocenters. The van der Waals surface area contributed by atoms with Crippen LogP contribution in [0.4, 0.5) is 18.9 Å². The highest BCUT2D eigenvalue weighted by atomic mass is 32.2. The van der Waals surface area contributed by atoms with E-state index in [1.807, 2.05) is 13.8 Å². The summed E-state index contributed by atoms with van der Waals surface area (Å²) in [5, 5.41) is 0.266. The van der Waals surface area contributed by atoms with Crippen LogP contribution in [0.2, 0.25) is 0 Å². The maximum absolute atomic E-state index is 13.3. The molecule has 2 nitrogen and oxygen atoms in total. The molecule has 0 aliphatic carbocycles. The maximum Gasteiger partial charge on any atom is 0.387 e. The largest absolute Gasteiger partial charge is 0.432 e. The van der Waals surface area contributed by atoms with Crippen molar-refractivity contribution in [2.24, 2.45) is 0 Å². The van der Waals surface area contributed by atoms with E-state index in [9.17, 15) is 13.2 Å². The molecule has 0 aromatic heterocycles. The van der Waals surface area contributed by atoms with E-state index in [1.165, 1.54) is 17.8 Å². The normalized spacial score (nSPS) is 12.8. The fourth-order valence-corrected chi connectivity index (χ4v) is 2.11. The zero-order valence-electron chi connectivity index (χ0n) is 9.54. The number of ether oxygens (including phenoxy) is 1. The Kier molecular flexibility index (Phi) is 4.99. The monoisotopic (exact) mass is 265 g/mol. The first-order chi connectivity index (χ1) is 7.93. The van der Waals surface area contributed by atoms with Gasteiger partial charge in [0.2, 0.25) is 0 Å². The third-order valence-corrected chi connectivity index (χ3v) is 3.53. The average Bonchev–Trinajstić information content (AvgIpc) is 2.24. The summed E-state index contributed by atoms with van der Waals surface area (Å²) in [6.45, 7) is 0.921. The van der Waals surface area contributed by atoms with Gasteiger partial charge < -0.3 is 10.5 Å². The molecule has 0 aliphatic rings. The molecule has 0 fully saturated rings. The zero-order valence-corrected chi connectivity index (χ0v) is 10.4. The number of nitrogens with two attached hydrogens (primary N) is 1. The highest BCUT2D eigenvalue weighted by Crippen LogP contribution is 2.35. The van der Waals surface area contributed by atoms with Crippen LogP contribution in [0.5, 0.6) is 5.75 Å². The molecule has 1 unspecified atom stereocenters. The SMILES string of the molecule is CCC(C)Sc1cc(OC(F)F)c(F)cc1N. The Morgan fingerprint density at radius 2 is 2.06 bits per heavy atom. The van der Waals surface area contributed by atoms with Gasteiger partial charge in [-0.1, -0.05) is 13.8 Å². The van der Waals surface area contributed by atoms with Crippen molar-refractivity contribution in [3.63, 3.8) is 0 Å². The van der Waals surface area contributed by atoms with Crippen LogP contribution in [0.1, 0.15) is 20.3 Å². The molecule has 0 saturated carbocycles. The third-order valence-electron chi connectivity index (χ3n) is 2.18. The minimum atomic E-state index is -3.05. The van der Waals surface area contributed by atoms with Crippen LogP contribution in [0, 0.1) is 5.82 Å². The zero-order chi connectivity index (χ0) is 13.0. The van der Waals surface area contributed by atoms with Crippen LogP contribution in [0.3, 0.4) is 0 Å². The molecule has 0 spiro atoms. The number of rotatable bonds is 5. The molecule has 0 radical (unpaired) electrons. The van der Waals surface area contributed by atoms with Crippen molar-refractivity contribution < 1.29 is 17.9 Å². The van der Waals surface area contributed by atoms with Crippen LogP contribution < -0.4 is 10.5 Å². The second kappa shape index (κ2) is 6.05. The molecule has 17 heavy (non-hydrogen) atoms. The van der Waals surface area contributed by atoms with Gasteiger partial charge in [-0.2, -0.15) is 8.78 Å². The van der Waals surface area contributed by atoms with Crippen LogP contribution in [0.15, 0.2) is 17.0 Å². The highest BCUT2D eigenvalue weighted by molar-refractivity contribution is 8.00. The summed E-state index contributed by atoms with van der Waals surface area (Å²) in [7, 11) is 0. The number of alkyl halides is 2. The molecule has 1 aromatic carbocycles. The Labute approximate surface area is 102 Å². The Hall–Kier alpha value is -1.04. The van der Waals surface area contributed by atoms with Gasteiger partial charge in [-0.05, 0) is 12.5 Å². The third kappa shape index (κ3) is 4.03. The summed E-state index contributed by atoms with van der Waals surface area (Å²) in [4.78, 5) is 0.552. The van der Waals surface area contributed by atoms with Gasteiger partial charge in [0, 0.05) is 21.9 Å². The minimum absolute atomic E-state index is 0.231. The molecule has 0 bridgehead atoms. The molecule has 2 N–H and O–H groups in total. The van der Waals surface area contributed by atoms with Crippen molar-refractivity contribution in [2.75, 3.05) is 5.73 Å². The van der Waals surface area contributed by atoms with Crippen molar-refractivity contribution >= 4 is 17.4 Å². The summed E-state index contributed by atoms with van der Waals surface area (Å²) >= 11 is 1.40. The predicted molar refractivity (Wildman–Crippen MR) is 63.1 cm³/mol. The Bertz CT molecular complexity index is 387. The first-order valence-corrected chi connectivity index (χ1v) is 6.02. The smallest absolute Gasteiger partial charge is 0.387 e. The summed E-state index contributed by atoms with van der Waals surface area (Å²) < 4.78 is 41.4. The van der Waals surface area contributed by atoms with Gasteiger partial charge in [0.15, 0.2) is 11.6 Å². The van der Waals surface area contributed by atoms with Crippen LogP contribution >= 0.6 is 11.8 Å². The lowest BCUT2D eigenvalue weighted by Gasteiger charge is -2.13. The lowest BCUT2D eigenvalue weighted by Crippen LogP contribution is -2.05. The van der Waals surface area contributed by atoms with E-state index in [0.717, 1.165) is 12.5 Å². The number of nitrogen functional groups attached to an aromatic ring is 1. The molecule has 0 heterocycles. The van der Waals surface area contributed by atoms with E-state index in [4.69, 9.17) is 5.73 Å². The Morgan fingerprint density at radius 3 is 2.59 bits per heavy atom. The fraction of sp³-hybridized carbons (Fsp3) is 0.455. The minimum Gasteiger partial charge on any atom is -0.432 e. The standard InChI is InChI=1S/C11H14F3NOS/c1-3-6(2)17-10-5-9(16-11(13)14)7(12)4-8(10)15/h4-6,11H,3,15H2,1-2H3. The van der Waals surface area contributed by atoms with Crippen LogP contribution in [-0.2, 0) is 0 Å². The van der Waals surface area contributed by atoms with Crippen LogP contribution in [0.25, 0.3) is 0 Å². The van der Waals surface area contributed by atoms with Gasteiger partial charge >= 0.3 is 6.61 Å². The number of anilines is 1.